The van der Waals surface area contributed by atoms with Gasteiger partial charge >= 0.3 is 0 Å². The molecule has 1 saturated heterocycles. The van der Waals surface area contributed by atoms with Crippen LogP contribution in [0.1, 0.15) is 49.1 Å². The lowest BCUT2D eigenvalue weighted by atomic mass is 9.76. The van der Waals surface area contributed by atoms with Crippen molar-refractivity contribution < 1.29 is 14.6 Å². The van der Waals surface area contributed by atoms with Gasteiger partial charge in [0.05, 0.1) is 11.7 Å². The van der Waals surface area contributed by atoms with Crippen LogP contribution < -0.4 is 0 Å². The molecule has 1 aromatic carbocycles. The minimum atomic E-state index is -0.414. The summed E-state index contributed by atoms with van der Waals surface area (Å²) in [6.07, 6.45) is 5.53. The Morgan fingerprint density at radius 3 is 2.86 bits per heavy atom. The fourth-order valence-electron chi connectivity index (χ4n) is 3.97. The van der Waals surface area contributed by atoms with Crippen molar-refractivity contribution in [3.63, 3.8) is 0 Å². The third kappa shape index (κ3) is 3.01. The molecule has 3 rings (SSSR count). The van der Waals surface area contributed by atoms with Crippen LogP contribution >= 0.6 is 0 Å². The first-order valence-electron chi connectivity index (χ1n) is 8.14. The number of aliphatic hydroxyl groups is 1. The highest BCUT2D eigenvalue weighted by Crippen LogP contribution is 2.39. The summed E-state index contributed by atoms with van der Waals surface area (Å²) in [6.45, 7) is 1.37. The van der Waals surface area contributed by atoms with Crippen LogP contribution in [0, 0.1) is 0 Å². The van der Waals surface area contributed by atoms with Gasteiger partial charge in [-0.2, -0.15) is 0 Å². The van der Waals surface area contributed by atoms with Gasteiger partial charge in [0.1, 0.15) is 0 Å². The highest BCUT2D eigenvalue weighted by molar-refractivity contribution is 5.32. The van der Waals surface area contributed by atoms with Crippen molar-refractivity contribution in [2.24, 2.45) is 0 Å². The van der Waals surface area contributed by atoms with Crippen molar-refractivity contribution in [3.05, 3.63) is 35.4 Å². The van der Waals surface area contributed by atoms with Crippen molar-refractivity contribution in [3.8, 4) is 0 Å². The number of ether oxygens (including phenoxy) is 2. The van der Waals surface area contributed by atoms with E-state index in [-0.39, 0.29) is 0 Å². The van der Waals surface area contributed by atoms with Crippen LogP contribution in [-0.4, -0.2) is 37.1 Å². The van der Waals surface area contributed by atoms with Crippen LogP contribution in [0.15, 0.2) is 24.3 Å². The van der Waals surface area contributed by atoms with E-state index in [4.69, 9.17) is 9.47 Å². The van der Waals surface area contributed by atoms with E-state index in [1.807, 2.05) is 0 Å². The first kappa shape index (κ1) is 15.0. The predicted molar refractivity (Wildman–Crippen MR) is 82.5 cm³/mol. The van der Waals surface area contributed by atoms with Crippen molar-refractivity contribution in [1.82, 2.24) is 0 Å². The molecule has 0 aromatic heterocycles. The predicted octanol–water partition coefficient (Wildman–Crippen LogP) is 3.05. The first-order chi connectivity index (χ1) is 10.2. The lowest BCUT2D eigenvalue weighted by molar-refractivity contribution is -0.155. The molecule has 116 valence electrons. The van der Waals surface area contributed by atoms with Crippen molar-refractivity contribution in [1.29, 1.82) is 0 Å². The van der Waals surface area contributed by atoms with Crippen LogP contribution in [-0.2, 0) is 15.9 Å². The van der Waals surface area contributed by atoms with E-state index in [0.29, 0.717) is 19.1 Å². The van der Waals surface area contributed by atoms with Gasteiger partial charge in [-0.1, -0.05) is 24.3 Å². The van der Waals surface area contributed by atoms with Gasteiger partial charge in [-0.15, -0.1) is 0 Å². The Morgan fingerprint density at radius 2 is 2.10 bits per heavy atom. The molecule has 0 spiro atoms. The van der Waals surface area contributed by atoms with E-state index >= 15 is 0 Å². The van der Waals surface area contributed by atoms with Gasteiger partial charge in [-0.3, -0.25) is 0 Å². The van der Waals surface area contributed by atoms with Crippen LogP contribution in [0.2, 0.25) is 0 Å². The van der Waals surface area contributed by atoms with Crippen LogP contribution in [0.25, 0.3) is 0 Å². The topological polar surface area (TPSA) is 38.7 Å². The zero-order valence-electron chi connectivity index (χ0n) is 12.9. The molecule has 1 aromatic rings. The van der Waals surface area contributed by atoms with Crippen LogP contribution in [0.5, 0.6) is 0 Å². The minimum absolute atomic E-state index is 0.412. The van der Waals surface area contributed by atoms with E-state index in [0.717, 1.165) is 19.3 Å². The molecule has 1 aliphatic carbocycles. The summed E-state index contributed by atoms with van der Waals surface area (Å²) in [5.41, 5.74) is 2.48. The number of benzene rings is 1. The molecule has 21 heavy (non-hydrogen) atoms. The molecule has 1 aliphatic heterocycles. The van der Waals surface area contributed by atoms with E-state index < -0.39 is 11.7 Å². The molecule has 1 heterocycles. The van der Waals surface area contributed by atoms with Gasteiger partial charge in [0.2, 0.25) is 0 Å². The molecule has 3 nitrogen and oxygen atoms in total. The Morgan fingerprint density at radius 1 is 1.33 bits per heavy atom. The Bertz CT molecular complexity index is 465. The fraction of sp³-hybridized carbons (Fsp3) is 0.667. The van der Waals surface area contributed by atoms with Gasteiger partial charge in [0.25, 0.3) is 0 Å². The average Bonchev–Trinajstić information content (AvgIpc) is 2.56. The SMILES string of the molecule is COC1(C(O)CC2CCCc3ccccc32)CCOCC1. The van der Waals surface area contributed by atoms with Crippen molar-refractivity contribution in [2.45, 2.75) is 56.1 Å². The standard InChI is InChI=1S/C18H26O3/c1-20-18(9-11-21-12-10-18)17(19)13-15-7-4-6-14-5-2-3-8-16(14)15/h2-3,5,8,15,17,19H,4,6-7,9-13H2,1H3. The quantitative estimate of drug-likeness (QED) is 0.926. The van der Waals surface area contributed by atoms with Gasteiger partial charge in [-0.25, -0.2) is 0 Å². The highest BCUT2D eigenvalue weighted by atomic mass is 16.5. The van der Waals surface area contributed by atoms with Crippen molar-refractivity contribution in [2.75, 3.05) is 20.3 Å². The molecular formula is C18H26O3. The summed E-state index contributed by atoms with van der Waals surface area (Å²) >= 11 is 0. The summed E-state index contributed by atoms with van der Waals surface area (Å²) in [5.74, 6) is 0.458. The Kier molecular flexibility index (Phi) is 4.63. The molecule has 0 bridgehead atoms. The molecule has 2 atom stereocenters. The summed E-state index contributed by atoms with van der Waals surface area (Å²) in [5, 5.41) is 10.8. The number of rotatable bonds is 4. The first-order valence-corrected chi connectivity index (χ1v) is 8.14. The van der Waals surface area contributed by atoms with E-state index in [1.54, 1.807) is 7.11 Å². The number of methoxy groups -OCH3 is 1. The molecule has 3 heteroatoms. The summed E-state index contributed by atoms with van der Waals surface area (Å²) in [4.78, 5) is 0. The molecular weight excluding hydrogens is 264 g/mol. The molecule has 0 radical (unpaired) electrons. The number of hydrogen-bond acceptors (Lipinski definition) is 3. The molecule has 2 aliphatic rings. The lowest BCUT2D eigenvalue weighted by Crippen LogP contribution is -2.49. The number of fused-ring (bicyclic) bond motifs is 1. The van der Waals surface area contributed by atoms with Gasteiger partial charge in [-0.05, 0) is 42.7 Å². The van der Waals surface area contributed by atoms with Crippen LogP contribution in [0.4, 0.5) is 0 Å². The van der Waals surface area contributed by atoms with E-state index in [2.05, 4.69) is 24.3 Å². The minimum Gasteiger partial charge on any atom is -0.390 e. The monoisotopic (exact) mass is 290 g/mol. The molecule has 0 saturated carbocycles. The largest absolute Gasteiger partial charge is 0.390 e. The lowest BCUT2D eigenvalue weighted by Gasteiger charge is -2.41. The average molecular weight is 290 g/mol. The summed E-state index contributed by atoms with van der Waals surface area (Å²) < 4.78 is 11.2. The van der Waals surface area contributed by atoms with Crippen LogP contribution in [0.3, 0.4) is 0 Å². The Hall–Kier alpha value is -0.900. The molecule has 1 N–H and O–H groups in total. The Balaban J connectivity index is 1.74. The second kappa shape index (κ2) is 6.47. The zero-order chi connectivity index (χ0) is 14.7. The maximum Gasteiger partial charge on any atom is 0.0980 e. The number of aryl methyl sites for hydroxylation is 1. The van der Waals surface area contributed by atoms with Gasteiger partial charge in [0.15, 0.2) is 0 Å². The zero-order valence-corrected chi connectivity index (χ0v) is 12.9. The Labute approximate surface area is 127 Å². The number of hydrogen-bond donors (Lipinski definition) is 1. The highest BCUT2D eigenvalue weighted by Gasteiger charge is 2.41. The van der Waals surface area contributed by atoms with Gasteiger partial charge < -0.3 is 14.6 Å². The molecule has 1 fully saturated rings. The maximum atomic E-state index is 10.8. The van der Waals surface area contributed by atoms with E-state index in [1.165, 1.54) is 30.4 Å². The second-order valence-electron chi connectivity index (χ2n) is 6.42. The fourth-order valence-corrected chi connectivity index (χ4v) is 3.97. The molecule has 0 amide bonds. The third-order valence-electron chi connectivity index (χ3n) is 5.35. The van der Waals surface area contributed by atoms with Crippen molar-refractivity contribution >= 4 is 0 Å². The summed E-state index contributed by atoms with van der Waals surface area (Å²) in [6, 6.07) is 8.70. The second-order valence-corrected chi connectivity index (χ2v) is 6.42. The summed E-state index contributed by atoms with van der Waals surface area (Å²) in [7, 11) is 1.73. The van der Waals surface area contributed by atoms with Gasteiger partial charge in [0, 0.05) is 33.2 Å². The normalized spacial score (nSPS) is 26.1. The van der Waals surface area contributed by atoms with E-state index in [9.17, 15) is 5.11 Å². The number of aliphatic hydroxyl groups excluding tert-OH is 1. The smallest absolute Gasteiger partial charge is 0.0980 e. The molecule has 2 unspecified atom stereocenters. The maximum absolute atomic E-state index is 10.8. The third-order valence-corrected chi connectivity index (χ3v) is 5.35.